The Morgan fingerprint density at radius 3 is 2.73 bits per heavy atom. The molecule has 1 saturated heterocycles. The monoisotopic (exact) mass is 563 g/mol. The number of hydrogen-bond acceptors (Lipinski definition) is 8. The van der Waals surface area contributed by atoms with Crippen LogP contribution >= 0.6 is 0 Å². The summed E-state index contributed by atoms with van der Waals surface area (Å²) in [5, 5.41) is 5.26. The third kappa shape index (κ3) is 6.62. The first-order chi connectivity index (χ1) is 19.9. The van der Waals surface area contributed by atoms with Gasteiger partial charge in [-0.1, -0.05) is 25.5 Å². The molecule has 10 nitrogen and oxygen atoms in total. The van der Waals surface area contributed by atoms with E-state index in [1.54, 1.807) is 35.0 Å². The summed E-state index contributed by atoms with van der Waals surface area (Å²) < 4.78 is 39.5. The first-order valence-corrected chi connectivity index (χ1v) is 13.7. The molecule has 4 aromatic rings. The zero-order valence-electron chi connectivity index (χ0n) is 23.2. The predicted octanol–water partition coefficient (Wildman–Crippen LogP) is 5.78. The first kappa shape index (κ1) is 28.0. The smallest absolute Gasteiger partial charge is 0.409 e. The van der Waals surface area contributed by atoms with E-state index in [1.165, 1.54) is 12.1 Å². The molecule has 3 heterocycles. The van der Waals surface area contributed by atoms with Crippen molar-refractivity contribution >= 4 is 22.8 Å². The van der Waals surface area contributed by atoms with Gasteiger partial charge in [0.25, 0.3) is 0 Å². The number of fused-ring (bicyclic) bond motifs is 1. The van der Waals surface area contributed by atoms with Crippen LogP contribution in [0, 0.1) is 5.82 Å². The Balaban J connectivity index is 1.46. The molecule has 2 aromatic carbocycles. The van der Waals surface area contributed by atoms with Gasteiger partial charge in [-0.05, 0) is 49.1 Å². The maximum absolute atomic E-state index is 14.7. The second-order valence-electron chi connectivity index (χ2n) is 9.91. The lowest BCUT2D eigenvalue weighted by molar-refractivity contribution is 0.0568. The average molecular weight is 564 g/mol. The quantitative estimate of drug-likeness (QED) is 0.191. The number of aromatic nitrogens is 3. The summed E-state index contributed by atoms with van der Waals surface area (Å²) in [6.45, 7) is 3.80. The zero-order chi connectivity index (χ0) is 28.8. The molecule has 1 atom stereocenters. The lowest BCUT2D eigenvalue weighted by Gasteiger charge is -2.31. The number of halogens is 1. The third-order valence-electron chi connectivity index (χ3n) is 6.87. The summed E-state index contributed by atoms with van der Waals surface area (Å²) in [6.07, 6.45) is 4.18. The second-order valence-corrected chi connectivity index (χ2v) is 9.91. The van der Waals surface area contributed by atoms with E-state index in [0.717, 1.165) is 37.0 Å². The maximum atomic E-state index is 14.7. The fourth-order valence-electron chi connectivity index (χ4n) is 4.69. The standard InChI is InChI=1S/C30H34FN5O5/c1-3-4-16-39-30(37)35-15-5-6-23(19-35)40-29-27-26(41-25-12-9-21(32)17-24(25)31)13-14-33-28(27)36(34-29)18-20-7-10-22(38-2)11-8-20/h7-14,17,23H,3-6,15-16,18-19,32H2,1-2H3. The molecular formula is C30H34FN5O5. The molecule has 1 unspecified atom stereocenters. The minimum absolute atomic E-state index is 0.0132. The minimum Gasteiger partial charge on any atom is -0.497 e. The number of likely N-dealkylation sites (tertiary alicyclic amines) is 1. The zero-order valence-corrected chi connectivity index (χ0v) is 23.2. The maximum Gasteiger partial charge on any atom is 0.409 e. The second kappa shape index (κ2) is 12.8. The van der Waals surface area contributed by atoms with Crippen LogP contribution in [0.2, 0.25) is 0 Å². The fraction of sp³-hybridized carbons (Fsp3) is 0.367. The molecule has 0 spiro atoms. The summed E-state index contributed by atoms with van der Waals surface area (Å²) >= 11 is 0. The number of ether oxygens (including phenoxy) is 4. The molecule has 0 radical (unpaired) electrons. The van der Waals surface area contributed by atoms with Crippen molar-refractivity contribution in [2.24, 2.45) is 0 Å². The van der Waals surface area contributed by atoms with Gasteiger partial charge in [-0.3, -0.25) is 0 Å². The number of benzene rings is 2. The van der Waals surface area contributed by atoms with E-state index in [1.807, 2.05) is 31.2 Å². The Kier molecular flexibility index (Phi) is 8.71. The number of methoxy groups -OCH3 is 1. The Morgan fingerprint density at radius 1 is 1.15 bits per heavy atom. The van der Waals surface area contributed by atoms with Crippen molar-refractivity contribution in [1.82, 2.24) is 19.7 Å². The van der Waals surface area contributed by atoms with Crippen LogP contribution in [-0.2, 0) is 11.3 Å². The number of nitrogens with two attached hydrogens (primary N) is 1. The van der Waals surface area contributed by atoms with Crippen molar-refractivity contribution < 1.29 is 28.1 Å². The van der Waals surface area contributed by atoms with Crippen LogP contribution in [0.25, 0.3) is 11.0 Å². The van der Waals surface area contributed by atoms with Gasteiger partial charge in [-0.15, -0.1) is 5.10 Å². The van der Waals surface area contributed by atoms with Gasteiger partial charge in [0.05, 0.1) is 26.8 Å². The van der Waals surface area contributed by atoms with Gasteiger partial charge in [0.15, 0.2) is 17.2 Å². The summed E-state index contributed by atoms with van der Waals surface area (Å²) in [6, 6.07) is 13.5. The Hall–Kier alpha value is -4.54. The van der Waals surface area contributed by atoms with E-state index in [-0.39, 0.29) is 17.9 Å². The highest BCUT2D eigenvalue weighted by molar-refractivity contribution is 5.88. The van der Waals surface area contributed by atoms with Crippen LogP contribution in [0.3, 0.4) is 0 Å². The number of rotatable bonds is 10. The van der Waals surface area contributed by atoms with Gasteiger partial charge in [0.1, 0.15) is 23.0 Å². The molecule has 0 bridgehead atoms. The molecule has 1 aliphatic rings. The molecule has 11 heteroatoms. The predicted molar refractivity (Wildman–Crippen MR) is 152 cm³/mol. The van der Waals surface area contributed by atoms with E-state index in [0.29, 0.717) is 54.6 Å². The Labute approximate surface area is 237 Å². The van der Waals surface area contributed by atoms with E-state index in [2.05, 4.69) is 4.98 Å². The van der Waals surface area contributed by atoms with E-state index < -0.39 is 5.82 Å². The van der Waals surface area contributed by atoms with Crippen LogP contribution in [-0.4, -0.2) is 58.7 Å². The van der Waals surface area contributed by atoms with Crippen molar-refractivity contribution in [2.45, 2.75) is 45.3 Å². The minimum atomic E-state index is -0.590. The molecule has 5 rings (SSSR count). The summed E-state index contributed by atoms with van der Waals surface area (Å²) in [5.41, 5.74) is 7.49. The summed E-state index contributed by atoms with van der Waals surface area (Å²) in [5.74, 6) is 0.796. The molecule has 0 saturated carbocycles. The summed E-state index contributed by atoms with van der Waals surface area (Å²) in [4.78, 5) is 18.8. The third-order valence-corrected chi connectivity index (χ3v) is 6.87. The van der Waals surface area contributed by atoms with E-state index >= 15 is 0 Å². The van der Waals surface area contributed by atoms with Crippen LogP contribution in [0.4, 0.5) is 14.9 Å². The highest BCUT2D eigenvalue weighted by atomic mass is 19.1. The first-order valence-electron chi connectivity index (χ1n) is 13.7. The number of amides is 1. The number of anilines is 1. The lowest BCUT2D eigenvalue weighted by atomic mass is 10.1. The van der Waals surface area contributed by atoms with E-state index in [9.17, 15) is 9.18 Å². The van der Waals surface area contributed by atoms with Crippen LogP contribution in [0.1, 0.15) is 38.2 Å². The van der Waals surface area contributed by atoms with Gasteiger partial charge < -0.3 is 29.6 Å². The molecule has 1 aliphatic heterocycles. The van der Waals surface area contributed by atoms with Crippen LogP contribution in [0.15, 0.2) is 54.7 Å². The number of piperidine rings is 1. The SMILES string of the molecule is CCCCOC(=O)N1CCCC(Oc2nn(Cc3ccc(OC)cc3)c3nccc(Oc4ccc(N)cc4F)c23)C1. The Morgan fingerprint density at radius 2 is 1.98 bits per heavy atom. The number of nitrogen functional groups attached to an aromatic ring is 1. The van der Waals surface area contributed by atoms with Gasteiger partial charge in [-0.2, -0.15) is 0 Å². The van der Waals surface area contributed by atoms with Crippen LogP contribution in [0.5, 0.6) is 23.1 Å². The van der Waals surface area contributed by atoms with Crippen molar-refractivity contribution in [1.29, 1.82) is 0 Å². The van der Waals surface area contributed by atoms with Gasteiger partial charge >= 0.3 is 6.09 Å². The number of carbonyl (C=O) groups is 1. The average Bonchev–Trinajstić information content (AvgIpc) is 3.32. The molecule has 2 aromatic heterocycles. The molecule has 41 heavy (non-hydrogen) atoms. The van der Waals surface area contributed by atoms with Gasteiger partial charge in [0, 0.05) is 30.6 Å². The normalized spacial score (nSPS) is 15.1. The highest BCUT2D eigenvalue weighted by Crippen LogP contribution is 2.37. The lowest BCUT2D eigenvalue weighted by Crippen LogP contribution is -2.44. The summed E-state index contributed by atoms with van der Waals surface area (Å²) in [7, 11) is 1.62. The number of unbranched alkanes of at least 4 members (excludes halogenated alkanes) is 1. The topological polar surface area (TPSA) is 114 Å². The van der Waals surface area contributed by atoms with E-state index in [4.69, 9.17) is 29.8 Å². The van der Waals surface area contributed by atoms with Crippen molar-refractivity contribution in [2.75, 3.05) is 32.5 Å². The molecule has 1 amide bonds. The fourth-order valence-corrected chi connectivity index (χ4v) is 4.69. The molecule has 2 N–H and O–H groups in total. The number of carbonyl (C=O) groups excluding carboxylic acids is 1. The van der Waals surface area contributed by atoms with Crippen LogP contribution < -0.4 is 19.9 Å². The molecular weight excluding hydrogens is 529 g/mol. The molecule has 0 aliphatic carbocycles. The largest absolute Gasteiger partial charge is 0.497 e. The van der Waals surface area contributed by atoms with Gasteiger partial charge in [-0.25, -0.2) is 18.9 Å². The number of pyridine rings is 1. The van der Waals surface area contributed by atoms with Gasteiger partial charge in [0.2, 0.25) is 5.88 Å². The highest BCUT2D eigenvalue weighted by Gasteiger charge is 2.28. The number of hydrogen-bond donors (Lipinski definition) is 1. The van der Waals surface area contributed by atoms with Crippen molar-refractivity contribution in [3.05, 3.63) is 66.1 Å². The van der Waals surface area contributed by atoms with Crippen molar-refractivity contribution in [3.63, 3.8) is 0 Å². The molecule has 1 fully saturated rings. The molecule has 216 valence electrons. The Bertz CT molecular complexity index is 1490. The number of nitrogens with zero attached hydrogens (tertiary/aromatic N) is 4. The van der Waals surface area contributed by atoms with Crippen molar-refractivity contribution in [3.8, 4) is 23.1 Å².